The van der Waals surface area contributed by atoms with Crippen LogP contribution in [0.1, 0.15) is 36.1 Å². The molecule has 0 saturated carbocycles. The number of nitrogens with one attached hydrogen (secondary N) is 1. The highest BCUT2D eigenvalue weighted by Gasteiger charge is 2.32. The first-order chi connectivity index (χ1) is 9.29. The Morgan fingerprint density at radius 3 is 2.84 bits per heavy atom. The Bertz CT molecular complexity index is 440. The van der Waals surface area contributed by atoms with Crippen LogP contribution in [0.3, 0.4) is 0 Å². The summed E-state index contributed by atoms with van der Waals surface area (Å²) in [7, 11) is 0. The van der Waals surface area contributed by atoms with Gasteiger partial charge in [-0.2, -0.15) is 0 Å². The normalized spacial score (nSPS) is 28.1. The third kappa shape index (κ3) is 2.55. The molecule has 104 valence electrons. The van der Waals surface area contributed by atoms with Crippen molar-refractivity contribution in [2.75, 3.05) is 26.2 Å². The van der Waals surface area contributed by atoms with Gasteiger partial charge < -0.3 is 10.4 Å². The first kappa shape index (κ1) is 13.1. The van der Waals surface area contributed by atoms with Gasteiger partial charge in [-0.25, -0.2) is 0 Å². The Labute approximate surface area is 115 Å². The Kier molecular flexibility index (Phi) is 3.87. The molecule has 1 fully saturated rings. The molecule has 0 radical (unpaired) electrons. The number of piperazine rings is 1. The topological polar surface area (TPSA) is 35.5 Å². The van der Waals surface area contributed by atoms with Crippen LogP contribution in [0, 0.1) is 0 Å². The van der Waals surface area contributed by atoms with Crippen molar-refractivity contribution in [3.8, 4) is 0 Å². The van der Waals surface area contributed by atoms with E-state index in [4.69, 9.17) is 0 Å². The van der Waals surface area contributed by atoms with E-state index in [9.17, 15) is 5.11 Å². The van der Waals surface area contributed by atoms with Crippen LogP contribution in [0.5, 0.6) is 0 Å². The van der Waals surface area contributed by atoms with Gasteiger partial charge in [0.05, 0.1) is 6.10 Å². The minimum absolute atomic E-state index is 0.307. The number of rotatable bonds is 2. The molecule has 1 aliphatic carbocycles. The maximum atomic E-state index is 10.7. The van der Waals surface area contributed by atoms with Crippen LogP contribution >= 0.6 is 0 Å². The zero-order valence-electron chi connectivity index (χ0n) is 11.7. The van der Waals surface area contributed by atoms with Crippen molar-refractivity contribution in [1.29, 1.82) is 0 Å². The van der Waals surface area contributed by atoms with Crippen LogP contribution in [0.4, 0.5) is 0 Å². The summed E-state index contributed by atoms with van der Waals surface area (Å²) < 4.78 is 0. The average Bonchev–Trinajstić information content (AvgIpc) is 2.48. The lowest BCUT2D eigenvalue weighted by Crippen LogP contribution is -2.51. The van der Waals surface area contributed by atoms with Gasteiger partial charge in [-0.3, -0.25) is 4.90 Å². The zero-order valence-corrected chi connectivity index (χ0v) is 11.7. The van der Waals surface area contributed by atoms with Crippen LogP contribution in [-0.4, -0.2) is 42.2 Å². The summed E-state index contributed by atoms with van der Waals surface area (Å²) >= 11 is 0. The largest absolute Gasteiger partial charge is 0.387 e. The third-order valence-electron chi connectivity index (χ3n) is 4.63. The molecule has 2 aliphatic rings. The number of aliphatic hydroxyl groups is 1. The lowest BCUT2D eigenvalue weighted by molar-refractivity contribution is 0.0297. The number of fused-ring (bicyclic) bond motifs is 1. The molecule has 1 aromatic carbocycles. The van der Waals surface area contributed by atoms with Crippen molar-refractivity contribution in [3.05, 3.63) is 34.9 Å². The molecule has 3 nitrogen and oxygen atoms in total. The quantitative estimate of drug-likeness (QED) is 0.846. The van der Waals surface area contributed by atoms with Crippen molar-refractivity contribution in [2.45, 2.75) is 38.3 Å². The standard InChI is InChI=1S/C16H24N2O/c1-2-12-3-4-13-5-6-15(16(19)14(13)11-12)18-9-7-17-8-10-18/h3-4,11,15-17,19H,2,5-10H2,1H3. The summed E-state index contributed by atoms with van der Waals surface area (Å²) in [6, 6.07) is 6.94. The lowest BCUT2D eigenvalue weighted by Gasteiger charge is -2.40. The van der Waals surface area contributed by atoms with Gasteiger partial charge in [0.25, 0.3) is 0 Å². The van der Waals surface area contributed by atoms with Crippen LogP contribution in [0.2, 0.25) is 0 Å². The van der Waals surface area contributed by atoms with Gasteiger partial charge >= 0.3 is 0 Å². The molecule has 1 aromatic rings. The Hall–Kier alpha value is -0.900. The SMILES string of the molecule is CCc1ccc2c(c1)C(O)C(N1CCNCC1)CC2. The molecule has 2 N–H and O–H groups in total. The van der Waals surface area contributed by atoms with Crippen molar-refractivity contribution < 1.29 is 5.11 Å². The van der Waals surface area contributed by atoms with Gasteiger partial charge in [-0.15, -0.1) is 0 Å². The molecule has 0 bridgehead atoms. The molecule has 0 spiro atoms. The number of hydrogen-bond donors (Lipinski definition) is 2. The number of hydrogen-bond acceptors (Lipinski definition) is 3. The minimum atomic E-state index is -0.312. The zero-order chi connectivity index (χ0) is 13.2. The van der Waals surface area contributed by atoms with E-state index in [-0.39, 0.29) is 6.10 Å². The molecule has 2 unspecified atom stereocenters. The Morgan fingerprint density at radius 1 is 1.32 bits per heavy atom. The second-order valence-electron chi connectivity index (χ2n) is 5.72. The fourth-order valence-corrected chi connectivity index (χ4v) is 3.43. The van der Waals surface area contributed by atoms with Crippen molar-refractivity contribution in [1.82, 2.24) is 10.2 Å². The molecule has 2 atom stereocenters. The summed E-state index contributed by atoms with van der Waals surface area (Å²) in [4.78, 5) is 2.46. The van der Waals surface area contributed by atoms with Gasteiger partial charge in [0.15, 0.2) is 0 Å². The van der Waals surface area contributed by atoms with Gasteiger partial charge in [-0.05, 0) is 36.0 Å². The molecule has 19 heavy (non-hydrogen) atoms. The third-order valence-corrected chi connectivity index (χ3v) is 4.63. The van der Waals surface area contributed by atoms with Crippen LogP contribution in [0.25, 0.3) is 0 Å². The van der Waals surface area contributed by atoms with E-state index in [1.807, 2.05) is 0 Å². The van der Waals surface area contributed by atoms with Crippen LogP contribution in [0.15, 0.2) is 18.2 Å². The summed E-state index contributed by atoms with van der Waals surface area (Å²) in [5.41, 5.74) is 3.85. The number of aliphatic hydroxyl groups excluding tert-OH is 1. The minimum Gasteiger partial charge on any atom is -0.387 e. The summed E-state index contributed by atoms with van der Waals surface area (Å²) in [5, 5.41) is 14.1. The van der Waals surface area contributed by atoms with Crippen molar-refractivity contribution >= 4 is 0 Å². The van der Waals surface area contributed by atoms with E-state index >= 15 is 0 Å². The maximum Gasteiger partial charge on any atom is 0.0948 e. The van der Waals surface area contributed by atoms with Crippen LogP contribution in [-0.2, 0) is 12.8 Å². The summed E-state index contributed by atoms with van der Waals surface area (Å²) in [5.74, 6) is 0. The average molecular weight is 260 g/mol. The first-order valence-corrected chi connectivity index (χ1v) is 7.54. The van der Waals surface area contributed by atoms with Gasteiger partial charge in [0.2, 0.25) is 0 Å². The van der Waals surface area contributed by atoms with E-state index in [1.165, 1.54) is 16.7 Å². The van der Waals surface area contributed by atoms with Gasteiger partial charge in [0, 0.05) is 32.2 Å². The van der Waals surface area contributed by atoms with Crippen LogP contribution < -0.4 is 5.32 Å². The van der Waals surface area contributed by atoms with Gasteiger partial charge in [-0.1, -0.05) is 25.1 Å². The maximum absolute atomic E-state index is 10.7. The Morgan fingerprint density at radius 2 is 2.11 bits per heavy atom. The molecule has 3 rings (SSSR count). The molecule has 0 aromatic heterocycles. The molecule has 1 heterocycles. The van der Waals surface area contributed by atoms with Crippen molar-refractivity contribution in [2.24, 2.45) is 0 Å². The lowest BCUT2D eigenvalue weighted by atomic mass is 9.83. The Balaban J connectivity index is 1.83. The van der Waals surface area contributed by atoms with E-state index < -0.39 is 0 Å². The summed E-state index contributed by atoms with van der Waals surface area (Å²) in [6.45, 7) is 6.38. The second-order valence-corrected chi connectivity index (χ2v) is 5.72. The first-order valence-electron chi connectivity index (χ1n) is 7.54. The highest BCUT2D eigenvalue weighted by molar-refractivity contribution is 5.36. The molecular formula is C16H24N2O. The van der Waals surface area contributed by atoms with E-state index in [2.05, 4.69) is 35.3 Å². The van der Waals surface area contributed by atoms with E-state index in [0.29, 0.717) is 6.04 Å². The monoisotopic (exact) mass is 260 g/mol. The number of benzene rings is 1. The van der Waals surface area contributed by atoms with E-state index in [1.54, 1.807) is 0 Å². The highest BCUT2D eigenvalue weighted by atomic mass is 16.3. The molecule has 0 amide bonds. The smallest absolute Gasteiger partial charge is 0.0948 e. The predicted molar refractivity (Wildman–Crippen MR) is 77.3 cm³/mol. The fraction of sp³-hybridized carbons (Fsp3) is 0.625. The molecular weight excluding hydrogens is 236 g/mol. The van der Waals surface area contributed by atoms with Gasteiger partial charge in [0.1, 0.15) is 0 Å². The number of nitrogens with zero attached hydrogens (tertiary/aromatic N) is 1. The predicted octanol–water partition coefficient (Wildman–Crippen LogP) is 1.50. The van der Waals surface area contributed by atoms with Crippen molar-refractivity contribution in [3.63, 3.8) is 0 Å². The summed E-state index contributed by atoms with van der Waals surface area (Å²) in [6.07, 6.45) is 2.91. The highest BCUT2D eigenvalue weighted by Crippen LogP contribution is 2.33. The van der Waals surface area contributed by atoms with E-state index in [0.717, 1.165) is 45.4 Å². The second kappa shape index (κ2) is 5.61. The molecule has 3 heteroatoms. The fourth-order valence-electron chi connectivity index (χ4n) is 3.43. The molecule has 1 saturated heterocycles. The molecule has 1 aliphatic heterocycles. The number of aryl methyl sites for hydroxylation is 2.